The number of ether oxygens (including phenoxy) is 1. The van der Waals surface area contributed by atoms with Gasteiger partial charge in [0.15, 0.2) is 5.56 Å². The van der Waals surface area contributed by atoms with Crippen LogP contribution in [0.3, 0.4) is 0 Å². The smallest absolute Gasteiger partial charge is 0.270 e. The monoisotopic (exact) mass is 457 g/mol. The Kier molecular flexibility index (Phi) is 6.55. The number of rotatable bonds is 7. The van der Waals surface area contributed by atoms with E-state index in [2.05, 4.69) is 10.4 Å². The van der Waals surface area contributed by atoms with E-state index in [0.29, 0.717) is 37.5 Å². The largest absolute Gasteiger partial charge is 0.492 e. The van der Waals surface area contributed by atoms with Gasteiger partial charge in [-0.05, 0) is 31.3 Å². The number of aromatic hydroxyl groups is 1. The molecule has 0 spiro atoms. The van der Waals surface area contributed by atoms with Crippen molar-refractivity contribution in [3.8, 4) is 5.88 Å². The number of hydrogen-bond acceptors (Lipinski definition) is 6. The Morgan fingerprint density at radius 3 is 2.79 bits per heavy atom. The van der Waals surface area contributed by atoms with Crippen molar-refractivity contribution in [1.82, 2.24) is 24.4 Å². The summed E-state index contributed by atoms with van der Waals surface area (Å²) in [4.78, 5) is 40.6. The molecule has 1 saturated heterocycles. The standard InChI is InChI=1S/C23H31N5O5/c1-4-17-13-33-10-9-26(17)18(29)8-5-15-11-24-28-21(15)27(12-14(2)3)22(31)19(23(28)32)20(30)25-16-6-7-16/h5,8,11,14,16-17,32H,4,6-7,9-10,12-13H2,1-3H3,(H,25,30). The molecule has 1 unspecified atom stereocenters. The minimum Gasteiger partial charge on any atom is -0.492 e. The molecule has 2 aromatic heterocycles. The van der Waals surface area contributed by atoms with Crippen LogP contribution in [0, 0.1) is 5.92 Å². The maximum atomic E-state index is 13.3. The molecule has 10 nitrogen and oxygen atoms in total. The second-order valence-electron chi connectivity index (χ2n) is 9.09. The molecule has 2 aromatic rings. The molecule has 2 fully saturated rings. The molecule has 3 heterocycles. The molecular weight excluding hydrogens is 426 g/mol. The van der Waals surface area contributed by atoms with Gasteiger partial charge in [0, 0.05) is 30.8 Å². The average molecular weight is 458 g/mol. The number of fused-ring (bicyclic) bond motifs is 1. The van der Waals surface area contributed by atoms with Crippen molar-refractivity contribution in [2.75, 3.05) is 19.8 Å². The molecule has 1 aliphatic carbocycles. The van der Waals surface area contributed by atoms with Crippen LogP contribution in [0.5, 0.6) is 5.88 Å². The minimum absolute atomic E-state index is 0.0236. The van der Waals surface area contributed by atoms with Crippen LogP contribution in [0.25, 0.3) is 11.7 Å². The van der Waals surface area contributed by atoms with Gasteiger partial charge in [-0.3, -0.25) is 19.0 Å². The van der Waals surface area contributed by atoms with Gasteiger partial charge in [0.2, 0.25) is 11.8 Å². The van der Waals surface area contributed by atoms with E-state index in [1.54, 1.807) is 11.0 Å². The van der Waals surface area contributed by atoms with Gasteiger partial charge in [-0.2, -0.15) is 9.61 Å². The molecule has 33 heavy (non-hydrogen) atoms. The second kappa shape index (κ2) is 9.38. The molecule has 2 aliphatic rings. The highest BCUT2D eigenvalue weighted by atomic mass is 16.5. The van der Waals surface area contributed by atoms with Crippen molar-refractivity contribution in [3.63, 3.8) is 0 Å². The van der Waals surface area contributed by atoms with Gasteiger partial charge in [-0.1, -0.05) is 20.8 Å². The Morgan fingerprint density at radius 1 is 1.36 bits per heavy atom. The lowest BCUT2D eigenvalue weighted by atomic mass is 10.1. The van der Waals surface area contributed by atoms with Crippen molar-refractivity contribution >= 4 is 23.5 Å². The van der Waals surface area contributed by atoms with Crippen molar-refractivity contribution in [3.05, 3.63) is 33.8 Å². The number of nitrogens with zero attached hydrogens (tertiary/aromatic N) is 4. The first-order valence-electron chi connectivity index (χ1n) is 11.5. The van der Waals surface area contributed by atoms with E-state index in [4.69, 9.17) is 4.74 Å². The number of carbonyl (C=O) groups is 2. The number of nitrogens with one attached hydrogen (secondary N) is 1. The molecule has 1 atom stereocenters. The van der Waals surface area contributed by atoms with Crippen LogP contribution in [0.4, 0.5) is 0 Å². The number of carbonyl (C=O) groups excluding carboxylic acids is 2. The fraction of sp³-hybridized carbons (Fsp3) is 0.565. The van der Waals surface area contributed by atoms with Crippen LogP contribution < -0.4 is 10.9 Å². The Hall–Kier alpha value is -3.14. The van der Waals surface area contributed by atoms with Gasteiger partial charge in [0.1, 0.15) is 5.65 Å². The van der Waals surface area contributed by atoms with Crippen molar-refractivity contribution in [2.24, 2.45) is 5.92 Å². The maximum absolute atomic E-state index is 13.3. The van der Waals surface area contributed by atoms with Crippen molar-refractivity contribution in [2.45, 2.75) is 58.7 Å². The molecule has 1 saturated carbocycles. The van der Waals surface area contributed by atoms with E-state index in [9.17, 15) is 19.5 Å². The van der Waals surface area contributed by atoms with Crippen LogP contribution in [-0.4, -0.2) is 67.8 Å². The number of aromatic nitrogens is 3. The molecule has 4 rings (SSSR count). The highest BCUT2D eigenvalue weighted by molar-refractivity contribution is 5.97. The number of hydrogen-bond donors (Lipinski definition) is 2. The van der Waals surface area contributed by atoms with E-state index in [1.165, 1.54) is 21.4 Å². The molecule has 0 bridgehead atoms. The summed E-state index contributed by atoms with van der Waals surface area (Å²) in [6.45, 7) is 7.79. The highest BCUT2D eigenvalue weighted by Crippen LogP contribution is 2.23. The lowest BCUT2D eigenvalue weighted by molar-refractivity contribution is -0.134. The van der Waals surface area contributed by atoms with Gasteiger partial charge in [0.05, 0.1) is 25.5 Å². The first kappa shape index (κ1) is 23.0. The van der Waals surface area contributed by atoms with E-state index in [-0.39, 0.29) is 29.5 Å². The predicted molar refractivity (Wildman–Crippen MR) is 122 cm³/mol. The molecule has 2 amide bonds. The third-order valence-corrected chi connectivity index (χ3v) is 5.98. The molecule has 0 aromatic carbocycles. The van der Waals surface area contributed by atoms with Crippen LogP contribution >= 0.6 is 0 Å². The summed E-state index contributed by atoms with van der Waals surface area (Å²) in [7, 11) is 0. The Labute approximate surface area is 191 Å². The molecule has 1 aliphatic heterocycles. The summed E-state index contributed by atoms with van der Waals surface area (Å²) in [5, 5.41) is 17.7. The zero-order valence-electron chi connectivity index (χ0n) is 19.3. The van der Waals surface area contributed by atoms with Gasteiger partial charge >= 0.3 is 0 Å². The quantitative estimate of drug-likeness (QED) is 0.607. The first-order valence-corrected chi connectivity index (χ1v) is 11.5. The van der Waals surface area contributed by atoms with Crippen LogP contribution in [0.1, 0.15) is 56.0 Å². The normalized spacial score (nSPS) is 19.0. The summed E-state index contributed by atoms with van der Waals surface area (Å²) in [6, 6.07) is 0.0651. The van der Waals surface area contributed by atoms with E-state index in [0.717, 1.165) is 19.3 Å². The van der Waals surface area contributed by atoms with Gasteiger partial charge in [0.25, 0.3) is 11.5 Å². The predicted octanol–water partition coefficient (Wildman–Crippen LogP) is 1.40. The second-order valence-corrected chi connectivity index (χ2v) is 9.09. The van der Waals surface area contributed by atoms with Crippen LogP contribution in [-0.2, 0) is 16.1 Å². The van der Waals surface area contributed by atoms with Crippen LogP contribution in [0.15, 0.2) is 17.1 Å². The fourth-order valence-corrected chi connectivity index (χ4v) is 4.09. The van der Waals surface area contributed by atoms with Crippen LogP contribution in [0.2, 0.25) is 0 Å². The lowest BCUT2D eigenvalue weighted by Crippen LogP contribution is -2.47. The number of morpholine rings is 1. The molecular formula is C23H31N5O5. The molecule has 178 valence electrons. The van der Waals surface area contributed by atoms with Gasteiger partial charge in [-0.25, -0.2) is 0 Å². The summed E-state index contributed by atoms with van der Waals surface area (Å²) >= 11 is 0. The Morgan fingerprint density at radius 2 is 2.12 bits per heavy atom. The average Bonchev–Trinajstić information content (AvgIpc) is 3.50. The maximum Gasteiger partial charge on any atom is 0.270 e. The lowest BCUT2D eigenvalue weighted by Gasteiger charge is -2.34. The SMILES string of the molecule is CCC1COCCN1C(=O)C=Cc1cnn2c(O)c(C(=O)NC3CC3)c(=O)n(CC(C)C)c12. The molecule has 10 heteroatoms. The third kappa shape index (κ3) is 4.66. The zero-order chi connectivity index (χ0) is 23.7. The minimum atomic E-state index is -0.597. The molecule has 0 radical (unpaired) electrons. The highest BCUT2D eigenvalue weighted by Gasteiger charge is 2.30. The zero-order valence-corrected chi connectivity index (χ0v) is 19.3. The summed E-state index contributed by atoms with van der Waals surface area (Å²) in [6.07, 6.45) is 7.06. The van der Waals surface area contributed by atoms with Gasteiger partial charge in [-0.15, -0.1) is 0 Å². The van der Waals surface area contributed by atoms with E-state index in [1.807, 2.05) is 20.8 Å². The topological polar surface area (TPSA) is 118 Å². The Balaban J connectivity index is 1.74. The number of amides is 2. The first-order chi connectivity index (χ1) is 15.8. The summed E-state index contributed by atoms with van der Waals surface area (Å²) in [5.41, 5.74) is -0.0458. The molecule has 2 N–H and O–H groups in total. The summed E-state index contributed by atoms with van der Waals surface area (Å²) in [5.74, 6) is -1.15. The Bertz CT molecular complexity index is 1140. The van der Waals surface area contributed by atoms with E-state index < -0.39 is 17.3 Å². The van der Waals surface area contributed by atoms with Crippen molar-refractivity contribution in [1.29, 1.82) is 0 Å². The third-order valence-electron chi connectivity index (χ3n) is 5.98. The van der Waals surface area contributed by atoms with Crippen molar-refractivity contribution < 1.29 is 19.4 Å². The van der Waals surface area contributed by atoms with Gasteiger partial charge < -0.3 is 20.1 Å². The fourth-order valence-electron chi connectivity index (χ4n) is 4.09. The van der Waals surface area contributed by atoms with E-state index >= 15 is 0 Å². The summed E-state index contributed by atoms with van der Waals surface area (Å²) < 4.78 is 8.11.